The molecule has 2 atom stereocenters. The lowest BCUT2D eigenvalue weighted by atomic mass is 10.1. The molecule has 1 N–H and O–H groups in total. The van der Waals surface area contributed by atoms with Gasteiger partial charge >= 0.3 is 0 Å². The molecule has 0 saturated carbocycles. The summed E-state index contributed by atoms with van der Waals surface area (Å²) >= 11 is 0. The molecule has 0 saturated heterocycles. The van der Waals surface area contributed by atoms with Crippen LogP contribution in [-0.2, 0) is 12.8 Å². The van der Waals surface area contributed by atoms with E-state index in [1.807, 2.05) is 53.9 Å². The maximum Gasteiger partial charge on any atom is 0.180 e. The van der Waals surface area contributed by atoms with Gasteiger partial charge < -0.3 is 9.84 Å². The Bertz CT molecular complexity index is 955. The second-order valence-corrected chi connectivity index (χ2v) is 6.05. The second kappa shape index (κ2) is 5.66. The molecule has 0 radical (unpaired) electrons. The smallest absolute Gasteiger partial charge is 0.180 e. The van der Waals surface area contributed by atoms with Gasteiger partial charge in [-0.15, -0.1) is 0 Å². The molecule has 4 rings (SSSR count). The minimum atomic E-state index is -0.572. The Morgan fingerprint density at radius 2 is 2.17 bits per heavy atom. The SMILES string of the molecule is Cc1nc2c(O[C@H]3c4ccccc4C[C@@H]3O)cccn2c1CC#N. The van der Waals surface area contributed by atoms with Crippen LogP contribution in [0.5, 0.6) is 5.75 Å². The zero-order chi connectivity index (χ0) is 16.7. The number of aryl methyl sites for hydroxylation is 1. The zero-order valence-electron chi connectivity index (χ0n) is 13.3. The Morgan fingerprint density at radius 3 is 3.00 bits per heavy atom. The summed E-state index contributed by atoms with van der Waals surface area (Å²) in [4.78, 5) is 4.56. The van der Waals surface area contributed by atoms with Crippen molar-refractivity contribution in [1.82, 2.24) is 9.38 Å². The topological polar surface area (TPSA) is 70.6 Å². The summed E-state index contributed by atoms with van der Waals surface area (Å²) in [5, 5.41) is 19.4. The largest absolute Gasteiger partial charge is 0.479 e. The number of benzene rings is 1. The molecule has 1 aliphatic rings. The van der Waals surface area contributed by atoms with Gasteiger partial charge in [0.15, 0.2) is 17.5 Å². The maximum atomic E-state index is 10.4. The highest BCUT2D eigenvalue weighted by Gasteiger charge is 2.33. The molecule has 0 spiro atoms. The van der Waals surface area contributed by atoms with E-state index in [9.17, 15) is 5.11 Å². The first-order valence-corrected chi connectivity index (χ1v) is 7.95. The predicted molar refractivity (Wildman–Crippen MR) is 88.8 cm³/mol. The van der Waals surface area contributed by atoms with Gasteiger partial charge in [0.25, 0.3) is 0 Å². The Balaban J connectivity index is 1.76. The Labute approximate surface area is 139 Å². The van der Waals surface area contributed by atoms with Gasteiger partial charge in [0, 0.05) is 12.6 Å². The van der Waals surface area contributed by atoms with E-state index in [0.29, 0.717) is 24.2 Å². The van der Waals surface area contributed by atoms with Crippen molar-refractivity contribution < 1.29 is 9.84 Å². The molecule has 0 fully saturated rings. The molecule has 5 heteroatoms. The normalized spacial score (nSPS) is 19.2. The summed E-state index contributed by atoms with van der Waals surface area (Å²) in [5.41, 5.74) is 4.50. The zero-order valence-corrected chi connectivity index (χ0v) is 13.3. The molecular weight excluding hydrogens is 302 g/mol. The highest BCUT2D eigenvalue weighted by Crippen LogP contribution is 2.36. The van der Waals surface area contributed by atoms with Crippen molar-refractivity contribution in [2.45, 2.75) is 32.0 Å². The molecule has 1 aromatic carbocycles. The first-order valence-electron chi connectivity index (χ1n) is 7.95. The van der Waals surface area contributed by atoms with Crippen LogP contribution >= 0.6 is 0 Å². The molecular formula is C19H17N3O2. The van der Waals surface area contributed by atoms with Gasteiger partial charge in [-0.2, -0.15) is 5.26 Å². The van der Waals surface area contributed by atoms with Gasteiger partial charge in [-0.05, 0) is 30.2 Å². The number of hydrogen-bond acceptors (Lipinski definition) is 4. The third kappa shape index (κ3) is 2.24. The first kappa shape index (κ1) is 14.7. The second-order valence-electron chi connectivity index (χ2n) is 6.05. The minimum absolute atomic E-state index is 0.297. The summed E-state index contributed by atoms with van der Waals surface area (Å²) in [6, 6.07) is 13.8. The fourth-order valence-corrected chi connectivity index (χ4v) is 3.40. The van der Waals surface area contributed by atoms with Crippen molar-refractivity contribution in [2.75, 3.05) is 0 Å². The van der Waals surface area contributed by atoms with Crippen LogP contribution < -0.4 is 4.74 Å². The fourth-order valence-electron chi connectivity index (χ4n) is 3.40. The van der Waals surface area contributed by atoms with E-state index in [4.69, 9.17) is 10.00 Å². The summed E-state index contributed by atoms with van der Waals surface area (Å²) in [6.07, 6.45) is 1.80. The number of nitriles is 1. The molecule has 2 heterocycles. The number of aromatic nitrogens is 2. The maximum absolute atomic E-state index is 10.4. The van der Waals surface area contributed by atoms with Gasteiger partial charge in [-0.1, -0.05) is 24.3 Å². The molecule has 0 unspecified atom stereocenters. The lowest BCUT2D eigenvalue weighted by Gasteiger charge is -2.18. The Hall–Kier alpha value is -2.84. The van der Waals surface area contributed by atoms with E-state index in [1.165, 1.54) is 0 Å². The summed E-state index contributed by atoms with van der Waals surface area (Å²) in [7, 11) is 0. The van der Waals surface area contributed by atoms with Crippen LogP contribution in [0.15, 0.2) is 42.6 Å². The first-order chi connectivity index (χ1) is 11.7. The Morgan fingerprint density at radius 1 is 1.33 bits per heavy atom. The van der Waals surface area contributed by atoms with Crippen LogP contribution in [0.25, 0.3) is 5.65 Å². The van der Waals surface area contributed by atoms with E-state index in [-0.39, 0.29) is 0 Å². The molecule has 0 amide bonds. The van der Waals surface area contributed by atoms with Crippen molar-refractivity contribution in [3.8, 4) is 11.8 Å². The molecule has 0 aliphatic heterocycles. The van der Waals surface area contributed by atoms with Crippen molar-refractivity contribution >= 4 is 5.65 Å². The van der Waals surface area contributed by atoms with Crippen molar-refractivity contribution in [3.05, 3.63) is 65.1 Å². The average molecular weight is 319 g/mol. The highest BCUT2D eigenvalue weighted by molar-refractivity contribution is 5.57. The van der Waals surface area contributed by atoms with Crippen LogP contribution in [0.1, 0.15) is 28.6 Å². The van der Waals surface area contributed by atoms with Gasteiger partial charge in [0.05, 0.1) is 30.0 Å². The quantitative estimate of drug-likeness (QED) is 0.806. The monoisotopic (exact) mass is 319 g/mol. The number of imidazole rings is 1. The molecule has 120 valence electrons. The number of aliphatic hydroxyl groups excluding tert-OH is 1. The highest BCUT2D eigenvalue weighted by atomic mass is 16.5. The van der Waals surface area contributed by atoms with E-state index in [0.717, 1.165) is 22.5 Å². The van der Waals surface area contributed by atoms with Gasteiger partial charge in [0.2, 0.25) is 0 Å². The summed E-state index contributed by atoms with van der Waals surface area (Å²) in [5.74, 6) is 0.616. The fraction of sp³-hybridized carbons (Fsp3) is 0.263. The van der Waals surface area contributed by atoms with Crippen LogP contribution in [0.2, 0.25) is 0 Å². The number of rotatable bonds is 3. The van der Waals surface area contributed by atoms with Crippen LogP contribution in [0.4, 0.5) is 0 Å². The number of aliphatic hydroxyl groups is 1. The molecule has 5 nitrogen and oxygen atoms in total. The third-order valence-corrected chi connectivity index (χ3v) is 4.55. The van der Waals surface area contributed by atoms with Crippen molar-refractivity contribution in [3.63, 3.8) is 0 Å². The lowest BCUT2D eigenvalue weighted by Crippen LogP contribution is -2.19. The molecule has 3 aromatic rings. The van der Waals surface area contributed by atoms with E-state index < -0.39 is 12.2 Å². The lowest BCUT2D eigenvalue weighted by molar-refractivity contribution is 0.0502. The van der Waals surface area contributed by atoms with Crippen molar-refractivity contribution in [1.29, 1.82) is 5.26 Å². The Kier molecular flexibility index (Phi) is 3.47. The molecule has 24 heavy (non-hydrogen) atoms. The van der Waals surface area contributed by atoms with Crippen LogP contribution in [0.3, 0.4) is 0 Å². The van der Waals surface area contributed by atoms with Crippen molar-refractivity contribution in [2.24, 2.45) is 0 Å². The molecule has 1 aliphatic carbocycles. The van der Waals surface area contributed by atoms with Gasteiger partial charge in [-0.3, -0.25) is 4.40 Å². The number of hydrogen-bond donors (Lipinski definition) is 1. The minimum Gasteiger partial charge on any atom is -0.479 e. The van der Waals surface area contributed by atoms with Crippen LogP contribution in [-0.4, -0.2) is 20.6 Å². The van der Waals surface area contributed by atoms with E-state index >= 15 is 0 Å². The summed E-state index contributed by atoms with van der Waals surface area (Å²) < 4.78 is 8.05. The third-order valence-electron chi connectivity index (χ3n) is 4.55. The van der Waals surface area contributed by atoms with Crippen LogP contribution in [0, 0.1) is 18.3 Å². The number of pyridine rings is 1. The van der Waals surface area contributed by atoms with Gasteiger partial charge in [-0.25, -0.2) is 4.98 Å². The summed E-state index contributed by atoms with van der Waals surface area (Å²) in [6.45, 7) is 1.89. The number of ether oxygens (including phenoxy) is 1. The standard InChI is InChI=1S/C19H17N3O2/c1-12-15(8-9-20)22-10-4-7-17(19(22)21-12)24-18-14-6-3-2-5-13(14)11-16(18)23/h2-7,10,16,18,23H,8,11H2,1H3/t16-,18-/m0/s1. The molecule has 0 bridgehead atoms. The van der Waals surface area contributed by atoms with E-state index in [1.54, 1.807) is 0 Å². The number of nitrogens with zero attached hydrogens (tertiary/aromatic N) is 3. The predicted octanol–water partition coefficient (Wildman–Crippen LogP) is 2.75. The molecule has 2 aromatic heterocycles. The number of fused-ring (bicyclic) bond motifs is 2. The van der Waals surface area contributed by atoms with E-state index in [2.05, 4.69) is 11.1 Å². The average Bonchev–Trinajstić information content (AvgIpc) is 3.07. The van der Waals surface area contributed by atoms with Gasteiger partial charge in [0.1, 0.15) is 0 Å².